The van der Waals surface area contributed by atoms with Gasteiger partial charge in [0.1, 0.15) is 5.82 Å². The van der Waals surface area contributed by atoms with Crippen LogP contribution in [0.4, 0.5) is 5.82 Å². The van der Waals surface area contributed by atoms with Crippen molar-refractivity contribution in [3.63, 3.8) is 0 Å². The molecule has 3 nitrogen and oxygen atoms in total. The molecule has 0 fully saturated rings. The molecule has 112 valence electrons. The van der Waals surface area contributed by atoms with Gasteiger partial charge < -0.3 is 10.0 Å². The van der Waals surface area contributed by atoms with Crippen LogP contribution in [0.25, 0.3) is 0 Å². The lowest BCUT2D eigenvalue weighted by atomic mass is 10.1. The number of anilines is 1. The van der Waals surface area contributed by atoms with E-state index in [0.717, 1.165) is 23.6 Å². The summed E-state index contributed by atoms with van der Waals surface area (Å²) < 4.78 is 0. The molecule has 2 rings (SSSR count). The summed E-state index contributed by atoms with van der Waals surface area (Å²) in [5.41, 5.74) is 4.46. The normalized spacial score (nSPS) is 11.0. The Balaban J connectivity index is 2.23. The Labute approximate surface area is 127 Å². The minimum absolute atomic E-state index is 0.0492. The summed E-state index contributed by atoms with van der Waals surface area (Å²) in [5.74, 6) is 1.26. The average molecular weight is 284 g/mol. The summed E-state index contributed by atoms with van der Waals surface area (Å²) in [7, 11) is 2.04. The summed E-state index contributed by atoms with van der Waals surface area (Å²) in [4.78, 5) is 6.83. The van der Waals surface area contributed by atoms with Crippen LogP contribution in [0.3, 0.4) is 0 Å². The van der Waals surface area contributed by atoms with Gasteiger partial charge >= 0.3 is 0 Å². The smallest absolute Gasteiger partial charge is 0.129 e. The van der Waals surface area contributed by atoms with Crippen molar-refractivity contribution in [1.82, 2.24) is 4.98 Å². The SMILES string of the molecule is Cc1ccc(CN(C)c2cc(CO)cc(C(C)C)n2)cc1. The molecule has 1 heterocycles. The van der Waals surface area contributed by atoms with Crippen LogP contribution in [-0.4, -0.2) is 17.1 Å². The molecule has 0 bridgehead atoms. The molecule has 0 radical (unpaired) electrons. The second kappa shape index (κ2) is 6.72. The molecule has 0 atom stereocenters. The van der Waals surface area contributed by atoms with E-state index < -0.39 is 0 Å². The van der Waals surface area contributed by atoms with Crippen molar-refractivity contribution in [2.75, 3.05) is 11.9 Å². The highest BCUT2D eigenvalue weighted by atomic mass is 16.3. The van der Waals surface area contributed by atoms with E-state index >= 15 is 0 Å². The molecule has 1 aromatic heterocycles. The van der Waals surface area contributed by atoms with E-state index in [4.69, 9.17) is 4.98 Å². The second-order valence-electron chi connectivity index (χ2n) is 5.91. The molecule has 0 unspecified atom stereocenters. The standard InChI is InChI=1S/C18H24N2O/c1-13(2)17-9-16(12-21)10-18(19-17)20(4)11-15-7-5-14(3)6-8-15/h5-10,13,21H,11-12H2,1-4H3. The van der Waals surface area contributed by atoms with Gasteiger partial charge in [0, 0.05) is 19.3 Å². The lowest BCUT2D eigenvalue weighted by molar-refractivity contribution is 0.281. The van der Waals surface area contributed by atoms with Gasteiger partial charge in [-0.05, 0) is 36.1 Å². The molecular weight excluding hydrogens is 260 g/mol. The highest BCUT2D eigenvalue weighted by Gasteiger charge is 2.09. The van der Waals surface area contributed by atoms with Crippen LogP contribution in [0.5, 0.6) is 0 Å². The number of rotatable bonds is 5. The van der Waals surface area contributed by atoms with E-state index in [1.807, 2.05) is 19.2 Å². The lowest BCUT2D eigenvalue weighted by Gasteiger charge is -2.21. The molecule has 1 aromatic carbocycles. The largest absolute Gasteiger partial charge is 0.392 e. The lowest BCUT2D eigenvalue weighted by Crippen LogP contribution is -2.18. The Morgan fingerprint density at radius 2 is 1.76 bits per heavy atom. The summed E-state index contributed by atoms with van der Waals surface area (Å²) >= 11 is 0. The van der Waals surface area contributed by atoms with Gasteiger partial charge in [-0.15, -0.1) is 0 Å². The Morgan fingerprint density at radius 1 is 1.10 bits per heavy atom. The van der Waals surface area contributed by atoms with Gasteiger partial charge in [-0.25, -0.2) is 4.98 Å². The van der Waals surface area contributed by atoms with Crippen LogP contribution >= 0.6 is 0 Å². The monoisotopic (exact) mass is 284 g/mol. The highest BCUT2D eigenvalue weighted by Crippen LogP contribution is 2.21. The fourth-order valence-electron chi connectivity index (χ4n) is 2.23. The molecule has 0 saturated heterocycles. The number of aliphatic hydroxyl groups is 1. The number of hydrogen-bond donors (Lipinski definition) is 1. The van der Waals surface area contributed by atoms with Crippen LogP contribution in [-0.2, 0) is 13.2 Å². The van der Waals surface area contributed by atoms with Gasteiger partial charge in [0.05, 0.1) is 6.61 Å². The Hall–Kier alpha value is -1.87. The Morgan fingerprint density at radius 3 is 2.33 bits per heavy atom. The maximum Gasteiger partial charge on any atom is 0.129 e. The molecule has 21 heavy (non-hydrogen) atoms. The Bertz CT molecular complexity index is 591. The zero-order valence-corrected chi connectivity index (χ0v) is 13.3. The van der Waals surface area contributed by atoms with Crippen molar-refractivity contribution in [2.24, 2.45) is 0 Å². The number of aryl methyl sites for hydroxylation is 1. The topological polar surface area (TPSA) is 36.4 Å². The minimum Gasteiger partial charge on any atom is -0.392 e. The highest BCUT2D eigenvalue weighted by molar-refractivity contribution is 5.43. The van der Waals surface area contributed by atoms with Gasteiger partial charge in [0.2, 0.25) is 0 Å². The summed E-state index contributed by atoms with van der Waals surface area (Å²) in [5, 5.41) is 9.42. The molecule has 0 saturated carbocycles. The number of pyridine rings is 1. The molecule has 0 spiro atoms. The number of benzene rings is 1. The van der Waals surface area contributed by atoms with Crippen molar-refractivity contribution in [2.45, 2.75) is 39.8 Å². The molecule has 3 heteroatoms. The zero-order chi connectivity index (χ0) is 15.4. The molecule has 0 aliphatic heterocycles. The Kier molecular flexibility index (Phi) is 4.97. The van der Waals surface area contributed by atoms with Crippen LogP contribution in [0.1, 0.15) is 42.1 Å². The first-order chi connectivity index (χ1) is 9.99. The van der Waals surface area contributed by atoms with Crippen LogP contribution in [0, 0.1) is 6.92 Å². The maximum absolute atomic E-state index is 9.42. The van der Waals surface area contributed by atoms with Crippen molar-refractivity contribution in [3.05, 3.63) is 58.8 Å². The third kappa shape index (κ3) is 4.05. The fourth-order valence-corrected chi connectivity index (χ4v) is 2.23. The van der Waals surface area contributed by atoms with Crippen molar-refractivity contribution < 1.29 is 5.11 Å². The molecule has 2 aromatic rings. The van der Waals surface area contributed by atoms with Crippen LogP contribution in [0.15, 0.2) is 36.4 Å². The van der Waals surface area contributed by atoms with Gasteiger partial charge in [-0.2, -0.15) is 0 Å². The van der Waals surface area contributed by atoms with Gasteiger partial charge in [0.25, 0.3) is 0 Å². The van der Waals surface area contributed by atoms with E-state index in [0.29, 0.717) is 5.92 Å². The predicted molar refractivity (Wildman–Crippen MR) is 87.5 cm³/mol. The number of hydrogen-bond acceptors (Lipinski definition) is 3. The van der Waals surface area contributed by atoms with Crippen molar-refractivity contribution in [3.8, 4) is 0 Å². The van der Waals surface area contributed by atoms with Gasteiger partial charge in [-0.3, -0.25) is 0 Å². The first-order valence-electron chi connectivity index (χ1n) is 7.38. The van der Waals surface area contributed by atoms with Crippen LogP contribution < -0.4 is 4.90 Å². The summed E-state index contributed by atoms with van der Waals surface area (Å²) in [6.07, 6.45) is 0. The molecular formula is C18H24N2O. The van der Waals surface area contributed by atoms with Crippen molar-refractivity contribution in [1.29, 1.82) is 0 Å². The number of nitrogens with zero attached hydrogens (tertiary/aromatic N) is 2. The zero-order valence-electron chi connectivity index (χ0n) is 13.3. The third-order valence-corrected chi connectivity index (χ3v) is 3.60. The van der Waals surface area contributed by atoms with E-state index in [1.54, 1.807) is 0 Å². The van der Waals surface area contributed by atoms with E-state index in [2.05, 4.69) is 49.9 Å². The fraction of sp³-hybridized carbons (Fsp3) is 0.389. The van der Waals surface area contributed by atoms with Crippen LogP contribution in [0.2, 0.25) is 0 Å². The van der Waals surface area contributed by atoms with Crippen molar-refractivity contribution >= 4 is 5.82 Å². The van der Waals surface area contributed by atoms with E-state index in [-0.39, 0.29) is 6.61 Å². The quantitative estimate of drug-likeness (QED) is 0.910. The minimum atomic E-state index is 0.0492. The summed E-state index contributed by atoms with van der Waals surface area (Å²) in [6.45, 7) is 7.18. The number of aliphatic hydroxyl groups excluding tert-OH is 1. The van der Waals surface area contributed by atoms with Gasteiger partial charge in [-0.1, -0.05) is 43.7 Å². The van der Waals surface area contributed by atoms with Gasteiger partial charge in [0.15, 0.2) is 0 Å². The summed E-state index contributed by atoms with van der Waals surface area (Å²) in [6, 6.07) is 12.5. The first kappa shape index (κ1) is 15.5. The molecule has 0 aliphatic carbocycles. The second-order valence-corrected chi connectivity index (χ2v) is 5.91. The third-order valence-electron chi connectivity index (χ3n) is 3.60. The maximum atomic E-state index is 9.42. The molecule has 0 aliphatic rings. The van der Waals surface area contributed by atoms with E-state index in [9.17, 15) is 5.11 Å². The molecule has 0 amide bonds. The predicted octanol–water partition coefficient (Wildman–Crippen LogP) is 3.64. The van der Waals surface area contributed by atoms with E-state index in [1.165, 1.54) is 11.1 Å². The molecule has 1 N–H and O–H groups in total. The average Bonchev–Trinajstić information content (AvgIpc) is 2.49. The first-order valence-corrected chi connectivity index (χ1v) is 7.38. The number of aromatic nitrogens is 1.